The maximum Gasteiger partial charge on any atom is 0.136 e. The molecule has 11 rings (SSSR count). The van der Waals surface area contributed by atoms with Crippen molar-refractivity contribution < 1.29 is 0 Å². The fourth-order valence-corrected chi connectivity index (χ4v) is 9.89. The molecule has 0 saturated heterocycles. The molecule has 5 heterocycles. The van der Waals surface area contributed by atoms with E-state index >= 15 is 0 Å². The smallest absolute Gasteiger partial charge is 0.136 e. The lowest BCUT2D eigenvalue weighted by Crippen LogP contribution is -2.53. The Hall–Kier alpha value is -7.38. The van der Waals surface area contributed by atoms with E-state index in [2.05, 4.69) is 221 Å². The summed E-state index contributed by atoms with van der Waals surface area (Å²) in [5.74, 6) is 1.93. The van der Waals surface area contributed by atoms with Gasteiger partial charge in [0.1, 0.15) is 11.7 Å². The number of hydrogen-bond donors (Lipinski definition) is 0. The largest absolute Gasteiger partial charge is 0.317 e. The lowest BCUT2D eigenvalue weighted by atomic mass is 9.83. The summed E-state index contributed by atoms with van der Waals surface area (Å²) >= 11 is 0. The van der Waals surface area contributed by atoms with Crippen LogP contribution in [0.4, 0.5) is 11.4 Å². The molecule has 3 aromatic heterocycles. The third kappa shape index (κ3) is 6.31. The van der Waals surface area contributed by atoms with Gasteiger partial charge in [-0.3, -0.25) is 20.0 Å². The van der Waals surface area contributed by atoms with Crippen LogP contribution < -0.4 is 9.80 Å². The van der Waals surface area contributed by atoms with Crippen LogP contribution in [-0.4, -0.2) is 48.4 Å². The molecule has 0 spiro atoms. The monoisotopic (exact) mass is 847 g/mol. The number of rotatable bonds is 7. The lowest BCUT2D eigenvalue weighted by molar-refractivity contribution is 0.338. The fourth-order valence-electron chi connectivity index (χ4n) is 9.89. The van der Waals surface area contributed by atoms with Crippen molar-refractivity contribution in [2.45, 2.75) is 77.5 Å². The first-order chi connectivity index (χ1) is 31.2. The minimum Gasteiger partial charge on any atom is -0.317 e. The Morgan fingerprint density at radius 2 is 0.831 bits per heavy atom. The molecule has 2 aliphatic rings. The SMILES string of the molecule is CC1(C)N=C(c2ccccc2)N(c2cncc(-c3ccc4c(ccc5c6ccc(-c7cncc(N8C(c9ccccc9)=NC(C)(C)C8(C)C)c7)cc6n(-c6ccccc6)c45)c3)c2)C1(C)C. The van der Waals surface area contributed by atoms with Gasteiger partial charge >= 0.3 is 0 Å². The van der Waals surface area contributed by atoms with Gasteiger partial charge in [0, 0.05) is 56.5 Å². The van der Waals surface area contributed by atoms with Gasteiger partial charge in [0.15, 0.2) is 0 Å². The third-order valence-corrected chi connectivity index (χ3v) is 14.8. The van der Waals surface area contributed by atoms with Gasteiger partial charge < -0.3 is 14.4 Å². The second-order valence-corrected chi connectivity index (χ2v) is 19.7. The van der Waals surface area contributed by atoms with Crippen LogP contribution >= 0.6 is 0 Å². The van der Waals surface area contributed by atoms with E-state index in [9.17, 15) is 0 Å². The van der Waals surface area contributed by atoms with Gasteiger partial charge in [0.25, 0.3) is 0 Å². The van der Waals surface area contributed by atoms with E-state index < -0.39 is 0 Å². The van der Waals surface area contributed by atoms with Crippen molar-refractivity contribution in [3.8, 4) is 27.9 Å². The van der Waals surface area contributed by atoms with Gasteiger partial charge in [-0.1, -0.05) is 115 Å². The predicted molar refractivity (Wildman–Crippen MR) is 272 cm³/mol. The molecular formula is C58H53N7. The number of anilines is 2. The zero-order valence-electron chi connectivity index (χ0n) is 38.4. The van der Waals surface area contributed by atoms with Crippen molar-refractivity contribution in [3.05, 3.63) is 188 Å². The Balaban J connectivity index is 1.02. The highest BCUT2D eigenvalue weighted by Gasteiger charge is 2.51. The summed E-state index contributed by atoms with van der Waals surface area (Å²) in [6, 6.07) is 54.5. The maximum absolute atomic E-state index is 5.31. The van der Waals surface area contributed by atoms with Crippen molar-refractivity contribution in [3.63, 3.8) is 0 Å². The van der Waals surface area contributed by atoms with E-state index in [4.69, 9.17) is 20.0 Å². The number of para-hydroxylation sites is 1. The summed E-state index contributed by atoms with van der Waals surface area (Å²) in [4.78, 5) is 25.0. The predicted octanol–water partition coefficient (Wildman–Crippen LogP) is 13.7. The molecule has 0 amide bonds. The lowest BCUT2D eigenvalue weighted by Gasteiger charge is -2.41. The summed E-state index contributed by atoms with van der Waals surface area (Å²) in [6.07, 6.45) is 7.90. The molecule has 9 aromatic rings. The van der Waals surface area contributed by atoms with Crippen LogP contribution in [0.15, 0.2) is 186 Å². The van der Waals surface area contributed by atoms with Crippen molar-refractivity contribution in [1.82, 2.24) is 14.5 Å². The number of pyridine rings is 2. The topological polar surface area (TPSA) is 61.9 Å². The van der Waals surface area contributed by atoms with Gasteiger partial charge in [0.2, 0.25) is 0 Å². The van der Waals surface area contributed by atoms with Crippen LogP contribution in [-0.2, 0) is 0 Å². The van der Waals surface area contributed by atoms with Crippen LogP contribution in [0, 0.1) is 0 Å². The Morgan fingerprint density at radius 1 is 0.369 bits per heavy atom. The second-order valence-electron chi connectivity index (χ2n) is 19.7. The van der Waals surface area contributed by atoms with Gasteiger partial charge in [-0.05, 0) is 108 Å². The first-order valence-corrected chi connectivity index (χ1v) is 22.6. The Bertz CT molecular complexity index is 3380. The van der Waals surface area contributed by atoms with Crippen molar-refractivity contribution in [1.29, 1.82) is 0 Å². The van der Waals surface area contributed by atoms with Crippen molar-refractivity contribution in [2.24, 2.45) is 9.98 Å². The first-order valence-electron chi connectivity index (χ1n) is 22.6. The maximum atomic E-state index is 5.31. The molecule has 0 fully saturated rings. The average Bonchev–Trinajstić information content (AvgIpc) is 3.83. The molecule has 0 N–H and O–H groups in total. The normalized spacial score (nSPS) is 17.2. The molecule has 2 aliphatic heterocycles. The highest BCUT2D eigenvalue weighted by molar-refractivity contribution is 6.20. The summed E-state index contributed by atoms with van der Waals surface area (Å²) < 4.78 is 2.43. The molecule has 0 atom stereocenters. The number of benzene rings is 6. The molecule has 7 heteroatoms. The van der Waals surface area contributed by atoms with Crippen molar-refractivity contribution >= 4 is 55.6 Å². The van der Waals surface area contributed by atoms with E-state index in [0.29, 0.717) is 0 Å². The number of aliphatic imine (C=N–C) groups is 2. The highest BCUT2D eigenvalue weighted by Crippen LogP contribution is 2.46. The molecule has 65 heavy (non-hydrogen) atoms. The molecule has 0 aliphatic carbocycles. The quantitative estimate of drug-likeness (QED) is 0.160. The number of nitrogens with zero attached hydrogens (tertiary/aromatic N) is 7. The Morgan fingerprint density at radius 3 is 1.35 bits per heavy atom. The molecule has 0 bridgehead atoms. The zero-order chi connectivity index (χ0) is 44.9. The van der Waals surface area contributed by atoms with E-state index in [1.165, 1.54) is 27.1 Å². The van der Waals surface area contributed by atoms with Crippen LogP contribution in [0.1, 0.15) is 66.5 Å². The van der Waals surface area contributed by atoms with E-state index in [-0.39, 0.29) is 22.2 Å². The average molecular weight is 848 g/mol. The van der Waals surface area contributed by atoms with Crippen molar-refractivity contribution in [2.75, 3.05) is 9.80 Å². The van der Waals surface area contributed by atoms with Gasteiger partial charge in [-0.25, -0.2) is 0 Å². The van der Waals surface area contributed by atoms with Crippen LogP contribution in [0.25, 0.3) is 60.5 Å². The third-order valence-electron chi connectivity index (χ3n) is 14.8. The van der Waals surface area contributed by atoms with Gasteiger partial charge in [0.05, 0.1) is 57.0 Å². The molecular weight excluding hydrogens is 795 g/mol. The summed E-state index contributed by atoms with van der Waals surface area (Å²) in [7, 11) is 0. The standard InChI is InChI=1S/C58H53N7/c1-55(2)57(5,6)64(53(61-55)38-18-12-9-13-19-38)46-31-43(34-59-36-46)40-24-27-48-42(30-40)26-29-50-49-28-25-41(33-51(49)63(52(48)50)45-22-16-11-17-23-45)44-32-47(37-60-35-44)65-54(39-20-14-10-15-21-39)62-56(3,4)58(65,7)8/h9-37H,1-8H3. The molecule has 0 unspecified atom stereocenters. The van der Waals surface area contributed by atoms with E-state index in [1.807, 2.05) is 24.8 Å². The molecule has 7 nitrogen and oxygen atoms in total. The fraction of sp³-hybridized carbons (Fsp3) is 0.207. The summed E-state index contributed by atoms with van der Waals surface area (Å²) in [6.45, 7) is 18.0. The Labute approximate surface area is 381 Å². The van der Waals surface area contributed by atoms with E-state index in [0.717, 1.165) is 67.6 Å². The number of aromatic nitrogens is 3. The molecule has 0 saturated carbocycles. The molecule has 6 aromatic carbocycles. The van der Waals surface area contributed by atoms with Gasteiger partial charge in [-0.2, -0.15) is 0 Å². The summed E-state index contributed by atoms with van der Waals surface area (Å²) in [5, 5.41) is 4.77. The zero-order valence-corrected chi connectivity index (χ0v) is 38.4. The minimum atomic E-state index is -0.321. The Kier molecular flexibility index (Phi) is 9.06. The number of hydrogen-bond acceptors (Lipinski definition) is 6. The minimum absolute atomic E-state index is 0.291. The highest BCUT2D eigenvalue weighted by atomic mass is 15.3. The molecule has 320 valence electrons. The number of fused-ring (bicyclic) bond motifs is 5. The number of amidine groups is 2. The molecule has 0 radical (unpaired) electrons. The van der Waals surface area contributed by atoms with Crippen LogP contribution in [0.3, 0.4) is 0 Å². The van der Waals surface area contributed by atoms with Crippen LogP contribution in [0.5, 0.6) is 0 Å². The van der Waals surface area contributed by atoms with Gasteiger partial charge in [-0.15, -0.1) is 0 Å². The summed E-state index contributed by atoms with van der Waals surface area (Å²) in [5.41, 5.74) is 10.8. The van der Waals surface area contributed by atoms with E-state index in [1.54, 1.807) is 0 Å². The first kappa shape index (κ1) is 40.4. The van der Waals surface area contributed by atoms with Crippen LogP contribution in [0.2, 0.25) is 0 Å². The second kappa shape index (κ2) is 14.6.